The summed E-state index contributed by atoms with van der Waals surface area (Å²) in [7, 11) is 0. The topological polar surface area (TPSA) is 57.5 Å². The summed E-state index contributed by atoms with van der Waals surface area (Å²) < 4.78 is 0. The molecule has 0 bridgehead atoms. The van der Waals surface area contributed by atoms with Crippen molar-refractivity contribution in [3.63, 3.8) is 0 Å². The molecule has 1 atom stereocenters. The van der Waals surface area contributed by atoms with Crippen LogP contribution in [0.25, 0.3) is 0 Å². The second kappa shape index (κ2) is 3.33. The molecule has 0 amide bonds. The van der Waals surface area contributed by atoms with E-state index < -0.39 is 5.97 Å². The van der Waals surface area contributed by atoms with E-state index in [1.165, 1.54) is 0 Å². The van der Waals surface area contributed by atoms with Crippen LogP contribution < -0.4 is 0 Å². The number of rotatable bonds is 2. The maximum atomic E-state index is 10.6. The van der Waals surface area contributed by atoms with Crippen molar-refractivity contribution in [2.24, 2.45) is 0 Å². The van der Waals surface area contributed by atoms with Crippen molar-refractivity contribution in [2.45, 2.75) is 25.2 Å². The first-order valence-corrected chi connectivity index (χ1v) is 4.71. The SMILES string of the molecule is O=C(O)CC1CCc2c(O)cccc21. The van der Waals surface area contributed by atoms with Gasteiger partial charge in [0.15, 0.2) is 0 Å². The zero-order valence-corrected chi connectivity index (χ0v) is 7.73. The van der Waals surface area contributed by atoms with Crippen LogP contribution in [-0.4, -0.2) is 16.2 Å². The zero-order chi connectivity index (χ0) is 10.1. The average molecular weight is 192 g/mol. The fourth-order valence-corrected chi connectivity index (χ4v) is 2.14. The first kappa shape index (κ1) is 9.06. The summed E-state index contributed by atoms with van der Waals surface area (Å²) in [6.07, 6.45) is 1.79. The lowest BCUT2D eigenvalue weighted by molar-refractivity contribution is -0.137. The van der Waals surface area contributed by atoms with Gasteiger partial charge in [-0.15, -0.1) is 0 Å². The van der Waals surface area contributed by atoms with Gasteiger partial charge in [0.05, 0.1) is 6.42 Å². The molecule has 0 saturated carbocycles. The van der Waals surface area contributed by atoms with Crippen molar-refractivity contribution < 1.29 is 15.0 Å². The van der Waals surface area contributed by atoms with Gasteiger partial charge >= 0.3 is 5.97 Å². The summed E-state index contributed by atoms with van der Waals surface area (Å²) in [6, 6.07) is 5.34. The Morgan fingerprint density at radius 2 is 2.29 bits per heavy atom. The highest BCUT2D eigenvalue weighted by Gasteiger charge is 2.26. The van der Waals surface area contributed by atoms with E-state index in [9.17, 15) is 9.90 Å². The fourth-order valence-electron chi connectivity index (χ4n) is 2.14. The predicted octanol–water partition coefficient (Wildman–Crippen LogP) is 1.90. The number of phenols is 1. The number of carboxylic acids is 1. The number of carboxylic acid groups (broad SMARTS) is 1. The van der Waals surface area contributed by atoms with Gasteiger partial charge in [-0.25, -0.2) is 0 Å². The van der Waals surface area contributed by atoms with Crippen molar-refractivity contribution in [3.8, 4) is 5.75 Å². The molecule has 0 spiro atoms. The number of aliphatic carboxylic acids is 1. The molecule has 1 aliphatic carbocycles. The smallest absolute Gasteiger partial charge is 0.303 e. The summed E-state index contributed by atoms with van der Waals surface area (Å²) in [5.41, 5.74) is 1.94. The van der Waals surface area contributed by atoms with Crippen molar-refractivity contribution in [2.75, 3.05) is 0 Å². The van der Waals surface area contributed by atoms with Crippen molar-refractivity contribution >= 4 is 5.97 Å². The summed E-state index contributed by atoms with van der Waals surface area (Å²) in [5, 5.41) is 18.2. The Morgan fingerprint density at radius 1 is 1.50 bits per heavy atom. The van der Waals surface area contributed by atoms with E-state index >= 15 is 0 Å². The second-order valence-electron chi connectivity index (χ2n) is 3.68. The minimum absolute atomic E-state index is 0.0783. The van der Waals surface area contributed by atoms with Crippen LogP contribution in [0.5, 0.6) is 5.75 Å². The van der Waals surface area contributed by atoms with Crippen molar-refractivity contribution in [1.29, 1.82) is 0 Å². The molecule has 0 aromatic heterocycles. The van der Waals surface area contributed by atoms with E-state index in [0.29, 0.717) is 5.75 Å². The molecular formula is C11H12O3. The molecule has 1 aromatic rings. The van der Waals surface area contributed by atoms with Gasteiger partial charge in [0, 0.05) is 0 Å². The lowest BCUT2D eigenvalue weighted by Gasteiger charge is -2.08. The normalized spacial score (nSPS) is 19.3. The monoisotopic (exact) mass is 192 g/mol. The fraction of sp³-hybridized carbons (Fsp3) is 0.364. The number of aromatic hydroxyl groups is 1. The van der Waals surface area contributed by atoms with Gasteiger partial charge in [0.25, 0.3) is 0 Å². The summed E-state index contributed by atoms with van der Waals surface area (Å²) in [6.45, 7) is 0. The molecule has 0 fully saturated rings. The van der Waals surface area contributed by atoms with Crippen LogP contribution in [0.4, 0.5) is 0 Å². The van der Waals surface area contributed by atoms with Crippen LogP contribution in [0.2, 0.25) is 0 Å². The van der Waals surface area contributed by atoms with Gasteiger partial charge in [0.2, 0.25) is 0 Å². The molecule has 0 heterocycles. The highest BCUT2D eigenvalue weighted by atomic mass is 16.4. The first-order valence-electron chi connectivity index (χ1n) is 4.71. The average Bonchev–Trinajstić information content (AvgIpc) is 2.49. The van der Waals surface area contributed by atoms with Crippen LogP contribution in [-0.2, 0) is 11.2 Å². The van der Waals surface area contributed by atoms with E-state index in [1.54, 1.807) is 12.1 Å². The molecular weight excluding hydrogens is 180 g/mol. The van der Waals surface area contributed by atoms with Crippen LogP contribution in [0.1, 0.15) is 29.9 Å². The number of phenolic OH excluding ortho intramolecular Hbond substituents is 1. The minimum Gasteiger partial charge on any atom is -0.508 e. The van der Waals surface area contributed by atoms with Gasteiger partial charge in [-0.1, -0.05) is 12.1 Å². The third-order valence-electron chi connectivity index (χ3n) is 2.79. The molecule has 2 N–H and O–H groups in total. The molecule has 3 heteroatoms. The third-order valence-corrected chi connectivity index (χ3v) is 2.79. The Bertz CT molecular complexity index is 371. The van der Waals surface area contributed by atoms with Gasteiger partial charge < -0.3 is 10.2 Å². The van der Waals surface area contributed by atoms with Crippen molar-refractivity contribution in [1.82, 2.24) is 0 Å². The van der Waals surface area contributed by atoms with Gasteiger partial charge in [-0.2, -0.15) is 0 Å². The van der Waals surface area contributed by atoms with Crippen molar-refractivity contribution in [3.05, 3.63) is 29.3 Å². The van der Waals surface area contributed by atoms with Gasteiger partial charge in [-0.05, 0) is 36.0 Å². The number of fused-ring (bicyclic) bond motifs is 1. The summed E-state index contributed by atoms with van der Waals surface area (Å²) >= 11 is 0. The van der Waals surface area contributed by atoms with Crippen LogP contribution >= 0.6 is 0 Å². The molecule has 0 saturated heterocycles. The van der Waals surface area contributed by atoms with E-state index in [4.69, 9.17) is 5.11 Å². The predicted molar refractivity (Wildman–Crippen MR) is 51.4 cm³/mol. The highest BCUT2D eigenvalue weighted by Crippen LogP contribution is 2.39. The zero-order valence-electron chi connectivity index (χ0n) is 7.73. The molecule has 14 heavy (non-hydrogen) atoms. The quantitative estimate of drug-likeness (QED) is 0.752. The summed E-state index contributed by atoms with van der Waals surface area (Å²) in [5.74, 6) is -0.392. The van der Waals surface area contributed by atoms with E-state index in [0.717, 1.165) is 24.0 Å². The highest BCUT2D eigenvalue weighted by molar-refractivity contribution is 5.68. The second-order valence-corrected chi connectivity index (χ2v) is 3.68. The molecule has 1 aliphatic rings. The number of hydrogen-bond donors (Lipinski definition) is 2. The number of carbonyl (C=O) groups is 1. The van der Waals surface area contributed by atoms with Crippen LogP contribution in [0.3, 0.4) is 0 Å². The summed E-state index contributed by atoms with van der Waals surface area (Å²) in [4.78, 5) is 10.6. The van der Waals surface area contributed by atoms with E-state index in [-0.39, 0.29) is 12.3 Å². The molecule has 1 aromatic carbocycles. The Labute approximate surface area is 82.0 Å². The minimum atomic E-state index is -0.772. The van der Waals surface area contributed by atoms with Gasteiger partial charge in [0.1, 0.15) is 5.75 Å². The Balaban J connectivity index is 2.30. The molecule has 1 unspecified atom stereocenters. The first-order chi connectivity index (χ1) is 6.68. The Kier molecular flexibility index (Phi) is 2.15. The molecule has 3 nitrogen and oxygen atoms in total. The number of benzene rings is 1. The molecule has 0 radical (unpaired) electrons. The molecule has 74 valence electrons. The lowest BCUT2D eigenvalue weighted by atomic mass is 9.98. The largest absolute Gasteiger partial charge is 0.508 e. The molecule has 0 aliphatic heterocycles. The van der Waals surface area contributed by atoms with E-state index in [2.05, 4.69) is 0 Å². The maximum Gasteiger partial charge on any atom is 0.303 e. The lowest BCUT2D eigenvalue weighted by Crippen LogP contribution is -2.02. The van der Waals surface area contributed by atoms with Crippen LogP contribution in [0.15, 0.2) is 18.2 Å². The Morgan fingerprint density at radius 3 is 3.00 bits per heavy atom. The third kappa shape index (κ3) is 1.45. The standard InChI is InChI=1S/C11H12O3/c12-10-3-1-2-8-7(6-11(13)14)4-5-9(8)10/h1-3,7,12H,4-6H2,(H,13,14). The van der Waals surface area contributed by atoms with Crippen LogP contribution in [0, 0.1) is 0 Å². The number of hydrogen-bond acceptors (Lipinski definition) is 2. The molecule has 2 rings (SSSR count). The van der Waals surface area contributed by atoms with E-state index in [1.807, 2.05) is 6.07 Å². The van der Waals surface area contributed by atoms with Gasteiger partial charge in [-0.3, -0.25) is 4.79 Å². The Hall–Kier alpha value is -1.51. The maximum absolute atomic E-state index is 10.6.